The van der Waals surface area contributed by atoms with Crippen molar-refractivity contribution >= 4 is 12.2 Å². The second kappa shape index (κ2) is 4.40. The fourth-order valence-electron chi connectivity index (χ4n) is 2.04. The highest BCUT2D eigenvalue weighted by Gasteiger charge is 2.38. The number of likely N-dealkylation sites (tertiary alicyclic amines) is 1. The van der Waals surface area contributed by atoms with E-state index in [0.29, 0.717) is 0 Å². The van der Waals surface area contributed by atoms with Gasteiger partial charge in [-0.3, -0.25) is 9.59 Å². The van der Waals surface area contributed by atoms with Crippen LogP contribution in [0.2, 0.25) is 0 Å². The number of rotatable bonds is 3. The third-order valence-corrected chi connectivity index (χ3v) is 3.01. The Hall–Kier alpha value is -1.12. The molecule has 1 saturated heterocycles. The molecule has 0 aromatic carbocycles. The van der Waals surface area contributed by atoms with Crippen LogP contribution in [0.4, 0.5) is 0 Å². The van der Waals surface area contributed by atoms with Crippen LogP contribution in [0.25, 0.3) is 0 Å². The van der Waals surface area contributed by atoms with Crippen molar-refractivity contribution in [2.75, 3.05) is 13.6 Å². The van der Waals surface area contributed by atoms with Gasteiger partial charge in [-0.1, -0.05) is 13.0 Å². The van der Waals surface area contributed by atoms with Gasteiger partial charge in [-0.15, -0.1) is 0 Å². The summed E-state index contributed by atoms with van der Waals surface area (Å²) in [5.41, 5.74) is -0.423. The Morgan fingerprint density at radius 1 is 1.57 bits per heavy atom. The predicted molar refractivity (Wildman–Crippen MR) is 54.8 cm³/mol. The first-order valence-electron chi connectivity index (χ1n) is 5.05. The van der Waals surface area contributed by atoms with E-state index in [1.807, 2.05) is 14.0 Å². The highest BCUT2D eigenvalue weighted by Crippen LogP contribution is 2.35. The van der Waals surface area contributed by atoms with Crippen LogP contribution in [0.1, 0.15) is 26.2 Å². The lowest BCUT2D eigenvalue weighted by Gasteiger charge is -2.37. The van der Waals surface area contributed by atoms with E-state index in [0.717, 1.165) is 32.1 Å². The lowest BCUT2D eigenvalue weighted by molar-refractivity contribution is -0.141. The van der Waals surface area contributed by atoms with E-state index < -0.39 is 5.41 Å². The van der Waals surface area contributed by atoms with E-state index in [1.165, 1.54) is 6.08 Å². The smallest absolute Gasteiger partial charge is 0.232 e. The van der Waals surface area contributed by atoms with Crippen molar-refractivity contribution in [1.29, 1.82) is 0 Å². The number of amides is 1. The Morgan fingerprint density at radius 2 is 2.29 bits per heavy atom. The van der Waals surface area contributed by atoms with Crippen molar-refractivity contribution in [2.24, 2.45) is 5.41 Å². The topological polar surface area (TPSA) is 37.4 Å². The molecular weight excluding hydrogens is 178 g/mol. The quantitative estimate of drug-likeness (QED) is 0.504. The summed E-state index contributed by atoms with van der Waals surface area (Å²) in [6.07, 6.45) is 6.58. The van der Waals surface area contributed by atoms with Crippen LogP contribution in [0, 0.1) is 5.41 Å². The summed E-state index contributed by atoms with van der Waals surface area (Å²) in [4.78, 5) is 24.0. The number of hydrogen-bond donors (Lipinski definition) is 0. The average Bonchev–Trinajstić information content (AvgIpc) is 2.21. The van der Waals surface area contributed by atoms with Crippen LogP contribution < -0.4 is 0 Å². The highest BCUT2D eigenvalue weighted by atomic mass is 16.2. The monoisotopic (exact) mass is 195 g/mol. The summed E-state index contributed by atoms with van der Waals surface area (Å²) in [6, 6.07) is 0. The molecule has 1 amide bonds. The van der Waals surface area contributed by atoms with Crippen LogP contribution in [0.5, 0.6) is 0 Å². The Bertz CT molecular complexity index is 260. The van der Waals surface area contributed by atoms with E-state index >= 15 is 0 Å². The molecule has 1 aliphatic heterocycles. The van der Waals surface area contributed by atoms with Crippen molar-refractivity contribution in [2.45, 2.75) is 26.2 Å². The zero-order chi connectivity index (χ0) is 10.6. The number of allylic oxidation sites excluding steroid dienone is 1. The molecule has 0 aliphatic carbocycles. The molecular formula is C11H17NO2. The van der Waals surface area contributed by atoms with E-state index in [1.54, 1.807) is 11.0 Å². The second-order valence-corrected chi connectivity index (χ2v) is 3.84. The minimum atomic E-state index is -0.423. The molecule has 78 valence electrons. The number of carbonyl (C=O) groups excluding carboxylic acids is 2. The number of nitrogens with zero attached hydrogens (tertiary/aromatic N) is 1. The van der Waals surface area contributed by atoms with Gasteiger partial charge in [0.05, 0.1) is 5.41 Å². The van der Waals surface area contributed by atoms with E-state index in [-0.39, 0.29) is 5.91 Å². The molecule has 0 aromatic heterocycles. The molecule has 0 aromatic rings. The Kier molecular flexibility index (Phi) is 3.44. The molecule has 3 heteroatoms. The van der Waals surface area contributed by atoms with E-state index in [9.17, 15) is 9.59 Å². The minimum Gasteiger partial charge on any atom is -0.345 e. The molecule has 0 spiro atoms. The molecule has 1 atom stereocenters. The van der Waals surface area contributed by atoms with Crippen molar-refractivity contribution < 1.29 is 9.59 Å². The SMILES string of the molecule is CCC1(/C=C/C=O)CCCN(C)C1=O. The fourth-order valence-corrected chi connectivity index (χ4v) is 2.04. The molecule has 3 nitrogen and oxygen atoms in total. The van der Waals surface area contributed by atoms with Gasteiger partial charge in [-0.25, -0.2) is 0 Å². The van der Waals surface area contributed by atoms with Gasteiger partial charge in [0, 0.05) is 13.6 Å². The highest BCUT2D eigenvalue weighted by molar-refractivity contribution is 5.86. The number of aldehydes is 1. The molecule has 1 aliphatic rings. The van der Waals surface area contributed by atoms with Crippen molar-refractivity contribution in [1.82, 2.24) is 4.90 Å². The Morgan fingerprint density at radius 3 is 2.86 bits per heavy atom. The maximum absolute atomic E-state index is 11.9. The summed E-state index contributed by atoms with van der Waals surface area (Å²) in [6.45, 7) is 2.82. The first-order chi connectivity index (χ1) is 6.66. The third-order valence-electron chi connectivity index (χ3n) is 3.01. The van der Waals surface area contributed by atoms with Gasteiger partial charge in [0.1, 0.15) is 6.29 Å². The zero-order valence-electron chi connectivity index (χ0n) is 8.82. The lowest BCUT2D eigenvalue weighted by atomic mass is 9.76. The maximum Gasteiger partial charge on any atom is 0.232 e. The Labute approximate surface area is 84.8 Å². The number of hydrogen-bond acceptors (Lipinski definition) is 2. The molecule has 0 N–H and O–H groups in total. The van der Waals surface area contributed by atoms with Crippen LogP contribution in [0.3, 0.4) is 0 Å². The van der Waals surface area contributed by atoms with Crippen molar-refractivity contribution in [3.05, 3.63) is 12.2 Å². The van der Waals surface area contributed by atoms with Crippen molar-refractivity contribution in [3.8, 4) is 0 Å². The molecule has 1 unspecified atom stereocenters. The standard InChI is InChI=1S/C11H17NO2/c1-3-11(7-5-9-13)6-4-8-12(2)10(11)14/h5,7,9H,3-4,6,8H2,1-2H3/b7-5+. The summed E-state index contributed by atoms with van der Waals surface area (Å²) in [5, 5.41) is 0. The summed E-state index contributed by atoms with van der Waals surface area (Å²) >= 11 is 0. The Balaban J connectivity index is 2.90. The molecule has 14 heavy (non-hydrogen) atoms. The third kappa shape index (κ3) is 1.86. The van der Waals surface area contributed by atoms with Gasteiger partial charge in [-0.2, -0.15) is 0 Å². The van der Waals surface area contributed by atoms with Gasteiger partial charge in [0.2, 0.25) is 5.91 Å². The maximum atomic E-state index is 11.9. The fraction of sp³-hybridized carbons (Fsp3) is 0.636. The van der Waals surface area contributed by atoms with Crippen LogP contribution in [-0.4, -0.2) is 30.7 Å². The van der Waals surface area contributed by atoms with E-state index in [2.05, 4.69) is 0 Å². The molecule has 0 bridgehead atoms. The largest absolute Gasteiger partial charge is 0.345 e. The lowest BCUT2D eigenvalue weighted by Crippen LogP contribution is -2.45. The first kappa shape index (κ1) is 11.0. The van der Waals surface area contributed by atoms with E-state index in [4.69, 9.17) is 0 Å². The molecule has 1 rings (SSSR count). The molecule has 0 radical (unpaired) electrons. The van der Waals surface area contributed by atoms with Gasteiger partial charge in [0.25, 0.3) is 0 Å². The number of carbonyl (C=O) groups is 2. The van der Waals surface area contributed by atoms with Crippen LogP contribution in [-0.2, 0) is 9.59 Å². The summed E-state index contributed by atoms with van der Waals surface area (Å²) < 4.78 is 0. The van der Waals surface area contributed by atoms with Crippen molar-refractivity contribution in [3.63, 3.8) is 0 Å². The zero-order valence-corrected chi connectivity index (χ0v) is 8.82. The molecule has 1 fully saturated rings. The van der Waals surface area contributed by atoms with Crippen LogP contribution >= 0.6 is 0 Å². The van der Waals surface area contributed by atoms with Gasteiger partial charge >= 0.3 is 0 Å². The van der Waals surface area contributed by atoms with Gasteiger partial charge in [0.15, 0.2) is 0 Å². The normalized spacial score (nSPS) is 28.4. The second-order valence-electron chi connectivity index (χ2n) is 3.84. The molecule has 0 saturated carbocycles. The average molecular weight is 195 g/mol. The first-order valence-corrected chi connectivity index (χ1v) is 5.05. The van der Waals surface area contributed by atoms with Crippen LogP contribution in [0.15, 0.2) is 12.2 Å². The minimum absolute atomic E-state index is 0.143. The van der Waals surface area contributed by atoms with Gasteiger partial charge in [-0.05, 0) is 25.3 Å². The number of piperidine rings is 1. The summed E-state index contributed by atoms with van der Waals surface area (Å²) in [7, 11) is 1.82. The predicted octanol–water partition coefficient (Wildman–Crippen LogP) is 1.39. The molecule has 1 heterocycles. The summed E-state index contributed by atoms with van der Waals surface area (Å²) in [5.74, 6) is 0.143. The van der Waals surface area contributed by atoms with Gasteiger partial charge < -0.3 is 4.90 Å².